The Morgan fingerprint density at radius 3 is 2.32 bits per heavy atom. The Morgan fingerprint density at radius 2 is 1.77 bits per heavy atom. The zero-order valence-electron chi connectivity index (χ0n) is 20.2. The second-order valence-corrected chi connectivity index (χ2v) is 8.48. The molecule has 2 atom stereocenters. The van der Waals surface area contributed by atoms with E-state index in [0.717, 1.165) is 77.7 Å². The molecule has 2 unspecified atom stereocenters. The molecule has 0 aromatic carbocycles. The van der Waals surface area contributed by atoms with Crippen LogP contribution in [0.3, 0.4) is 0 Å². The van der Waals surface area contributed by atoms with Crippen molar-refractivity contribution in [2.45, 2.75) is 78.3 Å². The average Bonchev–Trinajstić information content (AvgIpc) is 3.20. The Kier molecular flexibility index (Phi) is 14.7. The van der Waals surface area contributed by atoms with Gasteiger partial charge in [0.25, 0.3) is 0 Å². The van der Waals surface area contributed by atoms with E-state index >= 15 is 0 Å². The summed E-state index contributed by atoms with van der Waals surface area (Å²) in [6, 6.07) is 0.797. The number of hydrogen-bond donors (Lipinski definition) is 2. The summed E-state index contributed by atoms with van der Waals surface area (Å²) in [4.78, 5) is 21.7. The molecule has 0 bridgehead atoms. The summed E-state index contributed by atoms with van der Waals surface area (Å²) in [5, 5.41) is 6.92. The van der Waals surface area contributed by atoms with E-state index in [2.05, 4.69) is 48.1 Å². The summed E-state index contributed by atoms with van der Waals surface area (Å²) in [5.41, 5.74) is 0. The van der Waals surface area contributed by atoms with Crippen molar-refractivity contribution in [2.75, 3.05) is 52.5 Å². The van der Waals surface area contributed by atoms with Crippen LogP contribution >= 0.6 is 24.0 Å². The molecule has 2 rings (SSSR count). The molecule has 2 aliphatic heterocycles. The number of nitrogens with zero attached hydrogens (tertiary/aromatic N) is 3. The van der Waals surface area contributed by atoms with Crippen LogP contribution in [-0.2, 0) is 9.53 Å². The Labute approximate surface area is 207 Å². The summed E-state index contributed by atoms with van der Waals surface area (Å²) in [6.07, 6.45) is 6.06. The average molecular weight is 552 g/mol. The van der Waals surface area contributed by atoms with E-state index in [-0.39, 0.29) is 24.0 Å². The molecular weight excluding hydrogens is 505 g/mol. The van der Waals surface area contributed by atoms with Gasteiger partial charge in [0.2, 0.25) is 5.91 Å². The first kappa shape index (κ1) is 28.4. The van der Waals surface area contributed by atoms with Crippen LogP contribution in [-0.4, -0.2) is 86.2 Å². The van der Waals surface area contributed by atoms with Crippen LogP contribution in [0.2, 0.25) is 0 Å². The van der Waals surface area contributed by atoms with Gasteiger partial charge in [0.1, 0.15) is 0 Å². The zero-order chi connectivity index (χ0) is 21.8. The van der Waals surface area contributed by atoms with Gasteiger partial charge in [-0.25, -0.2) is 0 Å². The quantitative estimate of drug-likeness (QED) is 0.222. The van der Waals surface area contributed by atoms with Gasteiger partial charge in [-0.2, -0.15) is 0 Å². The number of carbonyl (C=O) groups is 1. The molecule has 2 N–H and O–H groups in total. The van der Waals surface area contributed by atoms with Crippen molar-refractivity contribution in [3.05, 3.63) is 0 Å². The SMILES string of the molecule is CCNC(=NCC(C(CC)CC)N1CCOCC1)NCCC(CC)N1CCCC1=O.I. The standard InChI is InChI=1S/C23H45N5O2.HI/c1-5-19(6-2)21(27-14-16-30-17-15-27)18-26-23(24-8-4)25-12-11-20(7-3)28-13-9-10-22(28)29;/h19-21H,5-18H2,1-4H3,(H2,24,25,26);1H. The summed E-state index contributed by atoms with van der Waals surface area (Å²) < 4.78 is 5.57. The second-order valence-electron chi connectivity index (χ2n) is 8.48. The van der Waals surface area contributed by atoms with E-state index in [9.17, 15) is 4.79 Å². The molecule has 2 heterocycles. The first-order valence-corrected chi connectivity index (χ1v) is 12.3. The van der Waals surface area contributed by atoms with E-state index in [1.165, 1.54) is 12.8 Å². The molecule has 0 aliphatic carbocycles. The molecule has 2 aliphatic rings. The number of hydrogen-bond acceptors (Lipinski definition) is 4. The highest BCUT2D eigenvalue weighted by atomic mass is 127. The smallest absolute Gasteiger partial charge is 0.222 e. The minimum atomic E-state index is 0. The number of carbonyl (C=O) groups excluding carboxylic acids is 1. The van der Waals surface area contributed by atoms with Crippen molar-refractivity contribution >= 4 is 35.8 Å². The molecule has 7 nitrogen and oxygen atoms in total. The van der Waals surface area contributed by atoms with Crippen molar-refractivity contribution in [3.8, 4) is 0 Å². The maximum atomic E-state index is 12.1. The highest BCUT2D eigenvalue weighted by Crippen LogP contribution is 2.21. The maximum absolute atomic E-state index is 12.1. The lowest BCUT2D eigenvalue weighted by Crippen LogP contribution is -2.49. The fourth-order valence-corrected chi connectivity index (χ4v) is 4.82. The molecule has 0 radical (unpaired) electrons. The Balaban J connectivity index is 0.00000480. The van der Waals surface area contributed by atoms with Crippen molar-refractivity contribution < 1.29 is 9.53 Å². The molecule has 0 saturated carbocycles. The summed E-state index contributed by atoms with van der Waals surface area (Å²) >= 11 is 0. The Morgan fingerprint density at radius 1 is 1.06 bits per heavy atom. The van der Waals surface area contributed by atoms with Gasteiger partial charge >= 0.3 is 0 Å². The molecule has 0 aromatic rings. The summed E-state index contributed by atoms with van der Waals surface area (Å²) in [5.74, 6) is 1.87. The van der Waals surface area contributed by atoms with Gasteiger partial charge < -0.3 is 20.3 Å². The molecule has 0 aromatic heterocycles. The molecule has 1 amide bonds. The van der Waals surface area contributed by atoms with Crippen LogP contribution in [0.25, 0.3) is 0 Å². The molecule has 0 spiro atoms. The second kappa shape index (κ2) is 16.1. The number of aliphatic imine (C=N–C) groups is 1. The Hall–Kier alpha value is -0.610. The van der Waals surface area contributed by atoms with E-state index in [1.807, 2.05) is 0 Å². The van der Waals surface area contributed by atoms with Crippen LogP contribution in [0.4, 0.5) is 0 Å². The van der Waals surface area contributed by atoms with Crippen LogP contribution in [0.15, 0.2) is 4.99 Å². The molecule has 2 fully saturated rings. The predicted molar refractivity (Wildman–Crippen MR) is 139 cm³/mol. The number of nitrogens with one attached hydrogen (secondary N) is 2. The van der Waals surface area contributed by atoms with Gasteiger partial charge in [0, 0.05) is 51.2 Å². The van der Waals surface area contributed by atoms with E-state index in [1.54, 1.807) is 0 Å². The number of ether oxygens (including phenoxy) is 1. The fourth-order valence-electron chi connectivity index (χ4n) is 4.82. The van der Waals surface area contributed by atoms with E-state index in [0.29, 0.717) is 30.3 Å². The molecule has 8 heteroatoms. The first-order chi connectivity index (χ1) is 14.6. The van der Waals surface area contributed by atoms with Gasteiger partial charge in [0.05, 0.1) is 19.8 Å². The topological polar surface area (TPSA) is 69.2 Å². The largest absolute Gasteiger partial charge is 0.379 e. The molecular formula is C23H46IN5O2. The summed E-state index contributed by atoms with van der Waals surface area (Å²) in [7, 11) is 0. The normalized spacial score (nSPS) is 20.0. The van der Waals surface area contributed by atoms with Crippen molar-refractivity contribution in [3.63, 3.8) is 0 Å². The van der Waals surface area contributed by atoms with E-state index in [4.69, 9.17) is 9.73 Å². The minimum Gasteiger partial charge on any atom is -0.379 e. The van der Waals surface area contributed by atoms with Gasteiger partial charge in [-0.05, 0) is 32.1 Å². The number of amides is 1. The molecule has 182 valence electrons. The monoisotopic (exact) mass is 551 g/mol. The first-order valence-electron chi connectivity index (χ1n) is 12.3. The Bertz CT molecular complexity index is 524. The molecule has 2 saturated heterocycles. The molecule has 31 heavy (non-hydrogen) atoms. The van der Waals surface area contributed by atoms with Crippen LogP contribution < -0.4 is 10.6 Å². The van der Waals surface area contributed by atoms with Gasteiger partial charge in [-0.1, -0.05) is 33.6 Å². The lowest BCUT2D eigenvalue weighted by atomic mass is 9.92. The highest BCUT2D eigenvalue weighted by molar-refractivity contribution is 14.0. The minimum absolute atomic E-state index is 0. The lowest BCUT2D eigenvalue weighted by Gasteiger charge is -2.38. The number of halogens is 1. The third-order valence-electron chi connectivity index (χ3n) is 6.68. The predicted octanol–water partition coefficient (Wildman–Crippen LogP) is 3.09. The van der Waals surface area contributed by atoms with Crippen molar-refractivity contribution in [1.82, 2.24) is 20.4 Å². The van der Waals surface area contributed by atoms with Crippen molar-refractivity contribution in [1.29, 1.82) is 0 Å². The highest BCUT2D eigenvalue weighted by Gasteiger charge is 2.28. The van der Waals surface area contributed by atoms with Crippen LogP contribution in [0, 0.1) is 5.92 Å². The number of morpholine rings is 1. The van der Waals surface area contributed by atoms with Gasteiger partial charge in [0.15, 0.2) is 5.96 Å². The van der Waals surface area contributed by atoms with E-state index < -0.39 is 0 Å². The third-order valence-corrected chi connectivity index (χ3v) is 6.68. The number of rotatable bonds is 12. The third kappa shape index (κ3) is 9.04. The summed E-state index contributed by atoms with van der Waals surface area (Å²) in [6.45, 7) is 15.9. The number of likely N-dealkylation sites (tertiary alicyclic amines) is 1. The number of guanidine groups is 1. The van der Waals surface area contributed by atoms with Crippen LogP contribution in [0.1, 0.15) is 66.2 Å². The fraction of sp³-hybridized carbons (Fsp3) is 0.913. The lowest BCUT2D eigenvalue weighted by molar-refractivity contribution is -0.129. The maximum Gasteiger partial charge on any atom is 0.222 e. The van der Waals surface area contributed by atoms with Crippen molar-refractivity contribution in [2.24, 2.45) is 10.9 Å². The van der Waals surface area contributed by atoms with Gasteiger partial charge in [-0.15, -0.1) is 24.0 Å². The zero-order valence-corrected chi connectivity index (χ0v) is 22.5. The van der Waals surface area contributed by atoms with Crippen LogP contribution in [0.5, 0.6) is 0 Å². The van der Waals surface area contributed by atoms with Gasteiger partial charge in [-0.3, -0.25) is 14.7 Å².